The lowest BCUT2D eigenvalue weighted by molar-refractivity contribution is 0.0498. The summed E-state index contributed by atoms with van der Waals surface area (Å²) in [4.78, 5) is 0. The fraction of sp³-hybridized carbons (Fsp3) is 1.00. The predicted molar refractivity (Wildman–Crippen MR) is 62.1 cm³/mol. The minimum Gasteiger partial charge on any atom is -0.382 e. The summed E-state index contributed by atoms with van der Waals surface area (Å²) in [5.74, 6) is 0.913. The molecule has 0 bridgehead atoms. The molecule has 0 heterocycles. The van der Waals surface area contributed by atoms with Gasteiger partial charge in [-0.15, -0.1) is 0 Å². The molecule has 0 aliphatic heterocycles. The van der Waals surface area contributed by atoms with Crippen LogP contribution >= 0.6 is 0 Å². The number of methoxy groups -OCH3 is 1. The lowest BCUT2D eigenvalue weighted by Gasteiger charge is -2.29. The Hall–Kier alpha value is -0.120. The van der Waals surface area contributed by atoms with Crippen LogP contribution in [0.3, 0.4) is 0 Å². The molecule has 15 heavy (non-hydrogen) atoms. The third kappa shape index (κ3) is 4.49. The highest BCUT2D eigenvalue weighted by atomic mass is 16.5. The molecule has 0 radical (unpaired) electrons. The van der Waals surface area contributed by atoms with Gasteiger partial charge in [-0.25, -0.2) is 0 Å². The highest BCUT2D eigenvalue weighted by Gasteiger charge is 2.40. The molecule has 1 aliphatic rings. The van der Waals surface area contributed by atoms with E-state index in [4.69, 9.17) is 9.47 Å². The lowest BCUT2D eigenvalue weighted by atomic mass is 9.82. The maximum absolute atomic E-state index is 5.54. The Morgan fingerprint density at radius 2 is 2.00 bits per heavy atom. The van der Waals surface area contributed by atoms with Crippen LogP contribution in [0.5, 0.6) is 0 Å². The van der Waals surface area contributed by atoms with Gasteiger partial charge in [-0.3, -0.25) is 0 Å². The highest BCUT2D eigenvalue weighted by molar-refractivity contribution is 4.92. The van der Waals surface area contributed by atoms with E-state index in [1.165, 1.54) is 12.8 Å². The van der Waals surface area contributed by atoms with Crippen molar-refractivity contribution in [3.8, 4) is 0 Å². The number of nitrogens with one attached hydrogen (secondary N) is 1. The minimum absolute atomic E-state index is 0.432. The predicted octanol–water partition coefficient (Wildman–Crippen LogP) is 1.68. The second-order valence-electron chi connectivity index (χ2n) is 4.81. The van der Waals surface area contributed by atoms with Gasteiger partial charge >= 0.3 is 0 Å². The summed E-state index contributed by atoms with van der Waals surface area (Å²) in [6, 6.07) is 0. The molecule has 0 aromatic heterocycles. The molecule has 3 heteroatoms. The lowest BCUT2D eigenvalue weighted by Crippen LogP contribution is -2.33. The normalized spacial score (nSPS) is 20.2. The van der Waals surface area contributed by atoms with Crippen molar-refractivity contribution in [3.63, 3.8) is 0 Å². The molecule has 0 aromatic rings. The molecule has 1 unspecified atom stereocenters. The smallest absolute Gasteiger partial charge is 0.0700 e. The van der Waals surface area contributed by atoms with E-state index in [-0.39, 0.29) is 0 Å². The first-order valence-corrected chi connectivity index (χ1v) is 5.94. The van der Waals surface area contributed by atoms with Crippen LogP contribution in [0.1, 0.15) is 26.2 Å². The monoisotopic (exact) mass is 215 g/mol. The molecule has 0 aromatic carbocycles. The van der Waals surface area contributed by atoms with Gasteiger partial charge in [0.05, 0.1) is 13.2 Å². The molecule has 90 valence electrons. The van der Waals surface area contributed by atoms with Crippen LogP contribution in [0.4, 0.5) is 0 Å². The topological polar surface area (TPSA) is 30.5 Å². The Kier molecular flexibility index (Phi) is 5.58. The van der Waals surface area contributed by atoms with Crippen molar-refractivity contribution in [2.45, 2.75) is 26.2 Å². The van der Waals surface area contributed by atoms with Gasteiger partial charge in [-0.05, 0) is 37.6 Å². The number of hydrogen-bond acceptors (Lipinski definition) is 3. The van der Waals surface area contributed by atoms with Crippen LogP contribution in [-0.4, -0.2) is 40.5 Å². The van der Waals surface area contributed by atoms with Crippen molar-refractivity contribution < 1.29 is 9.47 Å². The van der Waals surface area contributed by atoms with Crippen LogP contribution in [0.2, 0.25) is 0 Å². The van der Waals surface area contributed by atoms with Gasteiger partial charge in [0.2, 0.25) is 0 Å². The van der Waals surface area contributed by atoms with E-state index >= 15 is 0 Å². The van der Waals surface area contributed by atoms with Crippen LogP contribution in [0.15, 0.2) is 0 Å². The van der Waals surface area contributed by atoms with Gasteiger partial charge in [0.25, 0.3) is 0 Å². The minimum atomic E-state index is 0.432. The van der Waals surface area contributed by atoms with Crippen LogP contribution in [0, 0.1) is 11.3 Å². The summed E-state index contributed by atoms with van der Waals surface area (Å²) in [6.45, 7) is 5.76. The second kappa shape index (κ2) is 6.46. The molecule has 1 rings (SSSR count). The molecule has 1 N–H and O–H groups in total. The van der Waals surface area contributed by atoms with E-state index in [9.17, 15) is 0 Å². The quantitative estimate of drug-likeness (QED) is 0.594. The summed E-state index contributed by atoms with van der Waals surface area (Å²) < 4.78 is 10.5. The maximum Gasteiger partial charge on any atom is 0.0700 e. The van der Waals surface area contributed by atoms with Crippen molar-refractivity contribution in [3.05, 3.63) is 0 Å². The molecule has 1 saturated carbocycles. The standard InChI is InChI=1S/C12H25NO2/c1-12(10-13-2,11-4-5-11)6-7-15-9-8-14-3/h11,13H,4-10H2,1-3H3. The zero-order valence-corrected chi connectivity index (χ0v) is 10.3. The molecule has 0 amide bonds. The molecule has 3 nitrogen and oxygen atoms in total. The van der Waals surface area contributed by atoms with E-state index in [0.29, 0.717) is 12.0 Å². The van der Waals surface area contributed by atoms with Crippen molar-refractivity contribution in [1.82, 2.24) is 5.32 Å². The Morgan fingerprint density at radius 3 is 2.53 bits per heavy atom. The number of hydrogen-bond donors (Lipinski definition) is 1. The first kappa shape index (κ1) is 12.9. The molecule has 1 aliphatic carbocycles. The van der Waals surface area contributed by atoms with E-state index in [1.54, 1.807) is 7.11 Å². The summed E-state index contributed by atoms with van der Waals surface area (Å²) >= 11 is 0. The number of ether oxygens (including phenoxy) is 2. The van der Waals surface area contributed by atoms with Gasteiger partial charge in [0, 0.05) is 20.3 Å². The fourth-order valence-electron chi connectivity index (χ4n) is 2.17. The SMILES string of the molecule is CNCC(C)(CCOCCOC)C1CC1. The fourth-order valence-corrected chi connectivity index (χ4v) is 2.17. The number of rotatable bonds is 9. The molecule has 1 atom stereocenters. The average molecular weight is 215 g/mol. The van der Waals surface area contributed by atoms with Crippen molar-refractivity contribution in [2.24, 2.45) is 11.3 Å². The summed E-state index contributed by atoms with van der Waals surface area (Å²) in [6.07, 6.45) is 3.95. The van der Waals surface area contributed by atoms with Crippen LogP contribution in [0.25, 0.3) is 0 Å². The third-order valence-electron chi connectivity index (χ3n) is 3.39. The van der Waals surface area contributed by atoms with E-state index in [0.717, 1.165) is 32.1 Å². The van der Waals surface area contributed by atoms with Crippen molar-refractivity contribution in [1.29, 1.82) is 0 Å². The Labute approximate surface area is 93.5 Å². The van der Waals surface area contributed by atoms with Gasteiger partial charge in [0.15, 0.2) is 0 Å². The summed E-state index contributed by atoms with van der Waals surface area (Å²) in [5.41, 5.74) is 0.432. The summed E-state index contributed by atoms with van der Waals surface area (Å²) in [5, 5.41) is 3.30. The van der Waals surface area contributed by atoms with E-state index in [2.05, 4.69) is 12.2 Å². The average Bonchev–Trinajstić information content (AvgIpc) is 3.01. The zero-order chi connectivity index (χ0) is 11.1. The second-order valence-corrected chi connectivity index (χ2v) is 4.81. The van der Waals surface area contributed by atoms with Gasteiger partial charge in [-0.1, -0.05) is 6.92 Å². The van der Waals surface area contributed by atoms with Crippen molar-refractivity contribution >= 4 is 0 Å². The summed E-state index contributed by atoms with van der Waals surface area (Å²) in [7, 11) is 3.74. The molecule has 0 saturated heterocycles. The molecular weight excluding hydrogens is 190 g/mol. The zero-order valence-electron chi connectivity index (χ0n) is 10.3. The highest BCUT2D eigenvalue weighted by Crippen LogP contribution is 2.47. The Morgan fingerprint density at radius 1 is 1.27 bits per heavy atom. The molecular formula is C12H25NO2. The largest absolute Gasteiger partial charge is 0.382 e. The van der Waals surface area contributed by atoms with Crippen LogP contribution < -0.4 is 5.32 Å². The molecule has 1 fully saturated rings. The third-order valence-corrected chi connectivity index (χ3v) is 3.39. The van der Waals surface area contributed by atoms with Crippen LogP contribution in [-0.2, 0) is 9.47 Å². The Bertz CT molecular complexity index is 171. The molecule has 0 spiro atoms. The van der Waals surface area contributed by atoms with Gasteiger partial charge < -0.3 is 14.8 Å². The van der Waals surface area contributed by atoms with Crippen molar-refractivity contribution in [2.75, 3.05) is 40.5 Å². The van der Waals surface area contributed by atoms with E-state index < -0.39 is 0 Å². The van der Waals surface area contributed by atoms with Gasteiger partial charge in [-0.2, -0.15) is 0 Å². The van der Waals surface area contributed by atoms with Gasteiger partial charge in [0.1, 0.15) is 0 Å². The first-order chi connectivity index (χ1) is 7.23. The van der Waals surface area contributed by atoms with E-state index in [1.807, 2.05) is 7.05 Å². The first-order valence-electron chi connectivity index (χ1n) is 5.94. The maximum atomic E-state index is 5.54. The Balaban J connectivity index is 2.14.